The summed E-state index contributed by atoms with van der Waals surface area (Å²) >= 11 is 6.11. The molecule has 0 saturated carbocycles. The van der Waals surface area contributed by atoms with Crippen LogP contribution in [0, 0.1) is 12.7 Å². The van der Waals surface area contributed by atoms with Gasteiger partial charge in [-0.1, -0.05) is 23.7 Å². The van der Waals surface area contributed by atoms with Crippen molar-refractivity contribution >= 4 is 29.1 Å². The van der Waals surface area contributed by atoms with Crippen LogP contribution in [-0.4, -0.2) is 24.9 Å². The van der Waals surface area contributed by atoms with Crippen molar-refractivity contribution in [3.05, 3.63) is 52.3 Å². The third-order valence-electron chi connectivity index (χ3n) is 4.28. The van der Waals surface area contributed by atoms with Crippen molar-refractivity contribution in [1.82, 2.24) is 5.32 Å². The number of ether oxygens (including phenoxy) is 1. The number of carbonyl (C=O) groups is 2. The lowest BCUT2D eigenvalue weighted by atomic mass is 9.95. The van der Waals surface area contributed by atoms with E-state index in [1.807, 2.05) is 19.1 Å². The Morgan fingerprint density at radius 1 is 1.35 bits per heavy atom. The minimum atomic E-state index is -0.627. The molecule has 0 aliphatic carbocycles. The molecule has 1 aliphatic rings. The summed E-state index contributed by atoms with van der Waals surface area (Å²) in [7, 11) is 1.62. The summed E-state index contributed by atoms with van der Waals surface area (Å²) in [6.07, 6.45) is 0.353. The highest BCUT2D eigenvalue weighted by molar-refractivity contribution is 6.32. The molecule has 0 saturated heterocycles. The number of carbonyl (C=O) groups excluding carboxylic acids is 2. The Labute approximate surface area is 155 Å². The number of rotatable bonds is 3. The maximum absolute atomic E-state index is 13.6. The van der Waals surface area contributed by atoms with Crippen LogP contribution >= 0.6 is 11.6 Å². The normalized spacial score (nSPS) is 16.3. The molecule has 1 atom stereocenters. The van der Waals surface area contributed by atoms with Crippen molar-refractivity contribution in [1.29, 1.82) is 0 Å². The van der Waals surface area contributed by atoms with Crippen LogP contribution in [0.25, 0.3) is 0 Å². The molecule has 5 nitrogen and oxygen atoms in total. The van der Waals surface area contributed by atoms with E-state index < -0.39 is 11.9 Å². The van der Waals surface area contributed by atoms with Crippen molar-refractivity contribution in [2.75, 3.05) is 11.9 Å². The molecule has 1 aliphatic heterocycles. The molecule has 2 aromatic carbocycles. The standard InChI is InChI=1S/C19H18ClFN2O3/c1-10-4-5-12-8-15(22-11(2)24)19(25)23(3)17(12)18(10)26-16-9-13(21)6-7-14(16)20/h4-7,9,15H,8H2,1-3H3,(H,22,24)/t15-/m1/s1. The highest BCUT2D eigenvalue weighted by Crippen LogP contribution is 2.42. The molecular formula is C19H18ClFN2O3. The summed E-state index contributed by atoms with van der Waals surface area (Å²) in [5, 5.41) is 2.93. The number of nitrogens with one attached hydrogen (secondary N) is 1. The van der Waals surface area contributed by atoms with E-state index in [1.54, 1.807) is 7.05 Å². The van der Waals surface area contributed by atoms with Crippen molar-refractivity contribution < 1.29 is 18.7 Å². The van der Waals surface area contributed by atoms with Gasteiger partial charge in [-0.05, 0) is 30.2 Å². The number of fused-ring (bicyclic) bond motifs is 1. The Morgan fingerprint density at radius 2 is 2.08 bits per heavy atom. The number of nitrogens with zero attached hydrogens (tertiary/aromatic N) is 1. The molecule has 0 fully saturated rings. The van der Waals surface area contributed by atoms with Crippen molar-refractivity contribution in [3.63, 3.8) is 0 Å². The van der Waals surface area contributed by atoms with Gasteiger partial charge in [-0.3, -0.25) is 9.59 Å². The van der Waals surface area contributed by atoms with Gasteiger partial charge in [0, 0.05) is 26.5 Å². The molecule has 26 heavy (non-hydrogen) atoms. The molecule has 3 rings (SSSR count). The van der Waals surface area contributed by atoms with E-state index in [9.17, 15) is 14.0 Å². The number of anilines is 1. The first kappa shape index (κ1) is 18.2. The van der Waals surface area contributed by atoms with E-state index in [2.05, 4.69) is 5.32 Å². The minimum absolute atomic E-state index is 0.174. The van der Waals surface area contributed by atoms with Crippen molar-refractivity contribution in [3.8, 4) is 11.5 Å². The van der Waals surface area contributed by atoms with Crippen LogP contribution in [0.5, 0.6) is 11.5 Å². The van der Waals surface area contributed by atoms with Gasteiger partial charge < -0.3 is 15.0 Å². The second kappa shape index (κ2) is 6.96. The molecule has 0 radical (unpaired) electrons. The Hall–Kier alpha value is -2.60. The average molecular weight is 377 g/mol. The van der Waals surface area contributed by atoms with Crippen LogP contribution in [0.2, 0.25) is 5.02 Å². The van der Waals surface area contributed by atoms with Crippen LogP contribution in [-0.2, 0) is 16.0 Å². The van der Waals surface area contributed by atoms with E-state index in [1.165, 1.54) is 30.0 Å². The maximum atomic E-state index is 13.6. The molecule has 7 heteroatoms. The van der Waals surface area contributed by atoms with E-state index in [4.69, 9.17) is 16.3 Å². The summed E-state index contributed by atoms with van der Waals surface area (Å²) < 4.78 is 19.5. The molecule has 2 aromatic rings. The van der Waals surface area contributed by atoms with Gasteiger partial charge >= 0.3 is 0 Å². The highest BCUT2D eigenvalue weighted by atomic mass is 35.5. The monoisotopic (exact) mass is 376 g/mol. The SMILES string of the molecule is CC(=O)N[C@@H]1Cc2ccc(C)c(Oc3cc(F)ccc3Cl)c2N(C)C1=O. The van der Waals surface area contributed by atoms with E-state index in [0.29, 0.717) is 17.9 Å². The lowest BCUT2D eigenvalue weighted by molar-refractivity contribution is -0.126. The first-order valence-corrected chi connectivity index (χ1v) is 8.45. The fourth-order valence-electron chi connectivity index (χ4n) is 3.05. The van der Waals surface area contributed by atoms with Crippen LogP contribution in [0.3, 0.4) is 0 Å². The number of halogens is 2. The van der Waals surface area contributed by atoms with E-state index in [-0.39, 0.29) is 22.6 Å². The number of hydrogen-bond acceptors (Lipinski definition) is 3. The molecule has 0 aromatic heterocycles. The van der Waals surface area contributed by atoms with Gasteiger partial charge in [0.2, 0.25) is 11.8 Å². The van der Waals surface area contributed by atoms with Gasteiger partial charge in [0.1, 0.15) is 17.6 Å². The average Bonchev–Trinajstić information content (AvgIpc) is 2.57. The molecule has 0 spiro atoms. The summed E-state index contributed by atoms with van der Waals surface area (Å²) in [5.41, 5.74) is 2.22. The maximum Gasteiger partial charge on any atom is 0.249 e. The lowest BCUT2D eigenvalue weighted by Gasteiger charge is -2.33. The molecular weight excluding hydrogens is 359 g/mol. The van der Waals surface area contributed by atoms with Crippen molar-refractivity contribution in [2.45, 2.75) is 26.3 Å². The summed E-state index contributed by atoms with van der Waals surface area (Å²) in [6, 6.07) is 6.98. The number of benzene rings is 2. The van der Waals surface area contributed by atoms with Gasteiger partial charge in [-0.2, -0.15) is 0 Å². The predicted octanol–water partition coefficient (Wildman–Crippen LogP) is 3.60. The third-order valence-corrected chi connectivity index (χ3v) is 4.60. The molecule has 2 amide bonds. The molecule has 0 bridgehead atoms. The number of aryl methyl sites for hydroxylation is 1. The minimum Gasteiger partial charge on any atom is -0.453 e. The Balaban J connectivity index is 2.05. The van der Waals surface area contributed by atoms with Gasteiger partial charge in [0.05, 0.1) is 10.7 Å². The van der Waals surface area contributed by atoms with E-state index in [0.717, 1.165) is 11.1 Å². The van der Waals surface area contributed by atoms with Crippen LogP contribution in [0.4, 0.5) is 10.1 Å². The highest BCUT2D eigenvalue weighted by Gasteiger charge is 2.34. The summed E-state index contributed by atoms with van der Waals surface area (Å²) in [6.45, 7) is 3.21. The van der Waals surface area contributed by atoms with Crippen LogP contribution in [0.15, 0.2) is 30.3 Å². The smallest absolute Gasteiger partial charge is 0.249 e. The third kappa shape index (κ3) is 3.37. The number of hydrogen-bond donors (Lipinski definition) is 1. The zero-order valence-corrected chi connectivity index (χ0v) is 15.4. The van der Waals surface area contributed by atoms with Gasteiger partial charge in [-0.25, -0.2) is 4.39 Å². The zero-order valence-electron chi connectivity index (χ0n) is 14.6. The number of likely N-dealkylation sites (N-methyl/N-ethyl adjacent to an activating group) is 1. The number of amides is 2. The molecule has 0 unspecified atom stereocenters. The lowest BCUT2D eigenvalue weighted by Crippen LogP contribution is -2.51. The predicted molar refractivity (Wildman–Crippen MR) is 97.4 cm³/mol. The Bertz CT molecular complexity index is 901. The van der Waals surface area contributed by atoms with Crippen LogP contribution in [0.1, 0.15) is 18.1 Å². The molecule has 1 N–H and O–H groups in total. The van der Waals surface area contributed by atoms with Crippen LogP contribution < -0.4 is 15.0 Å². The summed E-state index contributed by atoms with van der Waals surface area (Å²) in [5.74, 6) is -0.369. The fourth-order valence-corrected chi connectivity index (χ4v) is 3.20. The second-order valence-electron chi connectivity index (χ2n) is 6.25. The summed E-state index contributed by atoms with van der Waals surface area (Å²) in [4.78, 5) is 25.4. The van der Waals surface area contributed by atoms with Gasteiger partial charge in [0.25, 0.3) is 0 Å². The first-order valence-electron chi connectivity index (χ1n) is 8.08. The van der Waals surface area contributed by atoms with Gasteiger partial charge in [-0.15, -0.1) is 0 Å². The largest absolute Gasteiger partial charge is 0.453 e. The zero-order chi connectivity index (χ0) is 19.0. The van der Waals surface area contributed by atoms with Gasteiger partial charge in [0.15, 0.2) is 5.75 Å². The first-order chi connectivity index (χ1) is 12.3. The second-order valence-corrected chi connectivity index (χ2v) is 6.66. The Morgan fingerprint density at radius 3 is 2.77 bits per heavy atom. The Kier molecular flexibility index (Phi) is 4.87. The van der Waals surface area contributed by atoms with Crippen molar-refractivity contribution in [2.24, 2.45) is 0 Å². The van der Waals surface area contributed by atoms with E-state index >= 15 is 0 Å². The fraction of sp³-hybridized carbons (Fsp3) is 0.263. The quantitative estimate of drug-likeness (QED) is 0.890. The topological polar surface area (TPSA) is 58.6 Å². The molecule has 1 heterocycles. The molecule has 136 valence electrons.